The van der Waals surface area contributed by atoms with E-state index in [2.05, 4.69) is 0 Å². The van der Waals surface area contributed by atoms with Crippen LogP contribution >= 0.6 is 0 Å². The summed E-state index contributed by atoms with van der Waals surface area (Å²) < 4.78 is 11.2. The van der Waals surface area contributed by atoms with Gasteiger partial charge in [0, 0.05) is 0 Å². The Morgan fingerprint density at radius 3 is 2.17 bits per heavy atom. The van der Waals surface area contributed by atoms with Crippen LogP contribution in [0.5, 0.6) is 0 Å². The summed E-state index contributed by atoms with van der Waals surface area (Å²) in [6, 6.07) is 0. The van der Waals surface area contributed by atoms with E-state index in [4.69, 9.17) is 0 Å². The Labute approximate surface area is 37.4 Å². The summed E-state index contributed by atoms with van der Waals surface area (Å²) in [6.45, 7) is 1.70. The summed E-state index contributed by atoms with van der Waals surface area (Å²) in [7, 11) is 0. The molecular weight excluding hydrogens is 79.1 g/mol. The average Bonchev–Trinajstić information content (AvgIpc) is 1.31. The van der Waals surface area contributed by atoms with E-state index in [1.54, 1.807) is 6.67 Å². The molecule has 0 atom stereocenters. The van der Waals surface area contributed by atoms with Gasteiger partial charge in [0.1, 0.15) is 0 Å². The molecule has 2 radical (unpaired) electrons. The monoisotopic (exact) mass is 86.1 g/mol. The number of halogens is 1. The first kappa shape index (κ1) is 4.10. The smallest absolute Gasteiger partial charge is 0.188 e. The van der Waals surface area contributed by atoms with Gasteiger partial charge in [0.15, 0.2) is 6.67 Å². The molecule has 1 aliphatic rings. The Balaban J connectivity index is 2.01. The van der Waals surface area contributed by atoms with Gasteiger partial charge in [-0.3, -0.25) is 0 Å². The highest BCUT2D eigenvalue weighted by molar-refractivity contribution is 4.74. The van der Waals surface area contributed by atoms with Crippen LogP contribution in [-0.4, -0.2) is 0 Å². The summed E-state index contributed by atoms with van der Waals surface area (Å²) in [5.41, 5.74) is 0. The van der Waals surface area contributed by atoms with Gasteiger partial charge in [-0.25, -0.2) is 4.39 Å². The molecule has 0 aromatic carbocycles. The van der Waals surface area contributed by atoms with E-state index in [1.165, 1.54) is 6.42 Å². The molecule has 0 spiro atoms. The van der Waals surface area contributed by atoms with Gasteiger partial charge >= 0.3 is 0 Å². The van der Waals surface area contributed by atoms with Crippen molar-refractivity contribution in [1.29, 1.82) is 0 Å². The highest BCUT2D eigenvalue weighted by atomic mass is 19.1. The SMILES string of the molecule is F[C]C1CCC1. The van der Waals surface area contributed by atoms with Crippen molar-refractivity contribution in [1.82, 2.24) is 0 Å². The van der Waals surface area contributed by atoms with Crippen LogP contribution in [-0.2, 0) is 0 Å². The molecule has 0 unspecified atom stereocenters. The van der Waals surface area contributed by atoms with E-state index < -0.39 is 0 Å². The molecular formula is C5H7F. The summed E-state index contributed by atoms with van der Waals surface area (Å²) >= 11 is 0. The van der Waals surface area contributed by atoms with E-state index in [0.717, 1.165) is 12.8 Å². The van der Waals surface area contributed by atoms with Crippen molar-refractivity contribution in [3.05, 3.63) is 6.67 Å². The maximum Gasteiger partial charge on any atom is 0.188 e. The first-order valence-electron chi connectivity index (χ1n) is 2.29. The molecule has 0 nitrogen and oxygen atoms in total. The van der Waals surface area contributed by atoms with Gasteiger partial charge in [-0.2, -0.15) is 0 Å². The Kier molecular flexibility index (Phi) is 1.08. The Bertz CT molecular complexity index is 36.4. The molecule has 0 aromatic heterocycles. The van der Waals surface area contributed by atoms with Gasteiger partial charge in [0.2, 0.25) is 0 Å². The molecule has 0 aromatic rings. The fourth-order valence-electron chi connectivity index (χ4n) is 0.517. The van der Waals surface area contributed by atoms with Gasteiger partial charge in [-0.05, 0) is 18.8 Å². The van der Waals surface area contributed by atoms with E-state index >= 15 is 0 Å². The number of hydrogen-bond acceptors (Lipinski definition) is 0. The lowest BCUT2D eigenvalue weighted by molar-refractivity contribution is 0.302. The molecule has 1 aliphatic carbocycles. The Morgan fingerprint density at radius 1 is 1.50 bits per heavy atom. The fraction of sp³-hybridized carbons (Fsp3) is 0.800. The zero-order chi connectivity index (χ0) is 4.41. The largest absolute Gasteiger partial charge is 0.236 e. The average molecular weight is 86.1 g/mol. The zero-order valence-corrected chi connectivity index (χ0v) is 3.58. The zero-order valence-electron chi connectivity index (χ0n) is 3.58. The summed E-state index contributed by atoms with van der Waals surface area (Å²) in [5, 5.41) is 0. The van der Waals surface area contributed by atoms with Crippen LogP contribution in [0, 0.1) is 12.6 Å². The van der Waals surface area contributed by atoms with Gasteiger partial charge in [-0.1, -0.05) is 6.42 Å². The van der Waals surface area contributed by atoms with Crippen LogP contribution < -0.4 is 0 Å². The van der Waals surface area contributed by atoms with Crippen molar-refractivity contribution >= 4 is 0 Å². The van der Waals surface area contributed by atoms with Crippen molar-refractivity contribution in [2.24, 2.45) is 5.92 Å². The van der Waals surface area contributed by atoms with E-state index in [9.17, 15) is 4.39 Å². The molecule has 6 heavy (non-hydrogen) atoms. The van der Waals surface area contributed by atoms with Gasteiger partial charge in [0.25, 0.3) is 0 Å². The molecule has 0 aliphatic heterocycles. The first-order valence-corrected chi connectivity index (χ1v) is 2.29. The molecule has 1 saturated carbocycles. The van der Waals surface area contributed by atoms with Gasteiger partial charge < -0.3 is 0 Å². The second kappa shape index (κ2) is 1.59. The molecule has 34 valence electrons. The third kappa shape index (κ3) is 0.537. The molecule has 0 amide bonds. The van der Waals surface area contributed by atoms with Crippen LogP contribution in [0.1, 0.15) is 19.3 Å². The predicted octanol–water partition coefficient (Wildman–Crippen LogP) is 1.79. The third-order valence-electron chi connectivity index (χ3n) is 1.26. The summed E-state index contributed by atoms with van der Waals surface area (Å²) in [4.78, 5) is 0. The summed E-state index contributed by atoms with van der Waals surface area (Å²) in [6.07, 6.45) is 3.24. The Hall–Kier alpha value is -0.0700. The molecule has 0 heterocycles. The minimum Gasteiger partial charge on any atom is -0.236 e. The molecule has 0 bridgehead atoms. The van der Waals surface area contributed by atoms with Crippen molar-refractivity contribution in [3.8, 4) is 0 Å². The number of rotatable bonds is 1. The van der Waals surface area contributed by atoms with Crippen LogP contribution in [0.25, 0.3) is 0 Å². The van der Waals surface area contributed by atoms with Crippen LogP contribution in [0.15, 0.2) is 0 Å². The van der Waals surface area contributed by atoms with E-state index in [-0.39, 0.29) is 5.92 Å². The second-order valence-corrected chi connectivity index (χ2v) is 1.74. The minimum absolute atomic E-state index is 0.199. The predicted molar refractivity (Wildman–Crippen MR) is 21.7 cm³/mol. The fourth-order valence-corrected chi connectivity index (χ4v) is 0.517. The van der Waals surface area contributed by atoms with Gasteiger partial charge in [0.05, 0.1) is 0 Å². The minimum atomic E-state index is 0.199. The molecule has 1 heteroatoms. The maximum absolute atomic E-state index is 11.2. The van der Waals surface area contributed by atoms with Crippen LogP contribution in [0.4, 0.5) is 4.39 Å². The van der Waals surface area contributed by atoms with Crippen molar-refractivity contribution in [2.45, 2.75) is 19.3 Å². The van der Waals surface area contributed by atoms with Crippen LogP contribution in [0.2, 0.25) is 0 Å². The topological polar surface area (TPSA) is 0 Å². The molecule has 0 N–H and O–H groups in total. The van der Waals surface area contributed by atoms with Crippen molar-refractivity contribution in [3.63, 3.8) is 0 Å². The first-order chi connectivity index (χ1) is 2.93. The molecule has 1 fully saturated rings. The Morgan fingerprint density at radius 2 is 2.17 bits per heavy atom. The quantitative estimate of drug-likeness (QED) is 0.456. The van der Waals surface area contributed by atoms with Crippen molar-refractivity contribution < 1.29 is 4.39 Å². The maximum atomic E-state index is 11.2. The van der Waals surface area contributed by atoms with Crippen molar-refractivity contribution in [2.75, 3.05) is 0 Å². The lowest BCUT2D eigenvalue weighted by atomic mass is 9.87. The molecule has 0 saturated heterocycles. The van der Waals surface area contributed by atoms with Gasteiger partial charge in [-0.15, -0.1) is 0 Å². The lowest BCUT2D eigenvalue weighted by Crippen LogP contribution is -2.08. The van der Waals surface area contributed by atoms with E-state index in [1.807, 2.05) is 0 Å². The number of hydrogen-bond donors (Lipinski definition) is 0. The van der Waals surface area contributed by atoms with Crippen LogP contribution in [0.3, 0.4) is 0 Å². The summed E-state index contributed by atoms with van der Waals surface area (Å²) in [5.74, 6) is 0.199. The highest BCUT2D eigenvalue weighted by Crippen LogP contribution is 2.28. The lowest BCUT2D eigenvalue weighted by Gasteiger charge is -2.19. The molecule has 1 rings (SSSR count). The van der Waals surface area contributed by atoms with E-state index in [0.29, 0.717) is 0 Å². The second-order valence-electron chi connectivity index (χ2n) is 1.74. The normalized spacial score (nSPS) is 23.5. The third-order valence-corrected chi connectivity index (χ3v) is 1.26. The highest BCUT2D eigenvalue weighted by Gasteiger charge is 2.17. The standard InChI is InChI=1S/C5H7F/c6-4-5-2-1-3-5/h5H,1-3H2.